The normalized spacial score (nSPS) is 15.6. The van der Waals surface area contributed by atoms with Crippen LogP contribution < -0.4 is 15.0 Å². The van der Waals surface area contributed by atoms with Crippen LogP contribution in [0.1, 0.15) is 11.6 Å². The lowest BCUT2D eigenvalue weighted by atomic mass is 9.98. The molecule has 0 radical (unpaired) electrons. The number of ether oxygens (including phenoxy) is 2. The molecule has 0 spiro atoms. The van der Waals surface area contributed by atoms with E-state index in [9.17, 15) is 14.7 Å². The minimum absolute atomic E-state index is 0.0435. The zero-order valence-electron chi connectivity index (χ0n) is 17.6. The molecule has 7 nitrogen and oxygen atoms in total. The van der Waals surface area contributed by atoms with Crippen LogP contribution in [0.2, 0.25) is 0 Å². The highest BCUT2D eigenvalue weighted by Crippen LogP contribution is 2.43. The number of para-hydroxylation sites is 2. The minimum Gasteiger partial charge on any atom is -0.504 e. The molecule has 3 aromatic carbocycles. The van der Waals surface area contributed by atoms with Crippen LogP contribution in [0, 0.1) is 0 Å². The second kappa shape index (κ2) is 8.85. The number of anilines is 2. The maximum absolute atomic E-state index is 13.7. The molecule has 1 aliphatic heterocycles. The van der Waals surface area contributed by atoms with Gasteiger partial charge in [0.05, 0.1) is 25.8 Å². The number of esters is 1. The van der Waals surface area contributed by atoms with Crippen molar-refractivity contribution in [2.75, 3.05) is 24.4 Å². The summed E-state index contributed by atoms with van der Waals surface area (Å²) >= 11 is 0. The second-order valence-electron chi connectivity index (χ2n) is 7.12. The van der Waals surface area contributed by atoms with Crippen molar-refractivity contribution in [2.45, 2.75) is 6.04 Å². The van der Waals surface area contributed by atoms with E-state index in [-0.39, 0.29) is 28.7 Å². The number of carbonyl (C=O) groups excluding carboxylic acids is 2. The quantitative estimate of drug-likeness (QED) is 0.574. The number of methoxy groups -OCH3 is 2. The van der Waals surface area contributed by atoms with Gasteiger partial charge in [-0.15, -0.1) is 0 Å². The summed E-state index contributed by atoms with van der Waals surface area (Å²) in [6.07, 6.45) is 0. The van der Waals surface area contributed by atoms with Crippen molar-refractivity contribution in [3.8, 4) is 11.5 Å². The molecule has 1 aliphatic rings. The van der Waals surface area contributed by atoms with E-state index in [0.717, 1.165) is 0 Å². The molecule has 0 fully saturated rings. The first kappa shape index (κ1) is 21.0. The van der Waals surface area contributed by atoms with E-state index in [2.05, 4.69) is 5.32 Å². The Morgan fingerprint density at radius 3 is 2.25 bits per heavy atom. The summed E-state index contributed by atoms with van der Waals surface area (Å²) in [5.74, 6) is -0.820. The highest BCUT2D eigenvalue weighted by molar-refractivity contribution is 6.17. The average Bonchev–Trinajstić information content (AvgIpc) is 3.12. The van der Waals surface area contributed by atoms with Crippen molar-refractivity contribution in [1.82, 2.24) is 0 Å². The topological polar surface area (TPSA) is 88.1 Å². The van der Waals surface area contributed by atoms with Gasteiger partial charge < -0.3 is 19.9 Å². The molecule has 0 saturated heterocycles. The fourth-order valence-electron chi connectivity index (χ4n) is 3.76. The van der Waals surface area contributed by atoms with Crippen LogP contribution in [0.15, 0.2) is 90.1 Å². The number of nitrogens with zero attached hydrogens (tertiary/aromatic N) is 1. The number of rotatable bonds is 6. The van der Waals surface area contributed by atoms with E-state index in [1.807, 2.05) is 36.4 Å². The average molecular weight is 430 g/mol. The van der Waals surface area contributed by atoms with Crippen molar-refractivity contribution in [2.24, 2.45) is 0 Å². The second-order valence-corrected chi connectivity index (χ2v) is 7.12. The summed E-state index contributed by atoms with van der Waals surface area (Å²) in [5.41, 5.74) is 2.15. The smallest absolute Gasteiger partial charge is 0.338 e. The summed E-state index contributed by atoms with van der Waals surface area (Å²) in [7, 11) is 2.71. The predicted molar refractivity (Wildman–Crippen MR) is 120 cm³/mol. The van der Waals surface area contributed by atoms with Crippen molar-refractivity contribution in [3.05, 3.63) is 95.7 Å². The van der Waals surface area contributed by atoms with Crippen molar-refractivity contribution in [1.29, 1.82) is 0 Å². The Bertz CT molecular complexity index is 1180. The van der Waals surface area contributed by atoms with Gasteiger partial charge in [-0.25, -0.2) is 4.79 Å². The summed E-state index contributed by atoms with van der Waals surface area (Å²) in [6, 6.07) is 22.1. The molecule has 4 rings (SSSR count). The van der Waals surface area contributed by atoms with Crippen LogP contribution >= 0.6 is 0 Å². The first-order valence-corrected chi connectivity index (χ1v) is 9.95. The number of aromatic hydroxyl groups is 1. The third-order valence-electron chi connectivity index (χ3n) is 5.24. The van der Waals surface area contributed by atoms with Crippen LogP contribution in [-0.2, 0) is 14.3 Å². The molecule has 0 aromatic heterocycles. The minimum atomic E-state index is -0.793. The number of nitrogens with one attached hydrogen (secondary N) is 1. The van der Waals surface area contributed by atoms with Crippen LogP contribution in [0.4, 0.5) is 11.4 Å². The van der Waals surface area contributed by atoms with Gasteiger partial charge in [-0.05, 0) is 42.0 Å². The van der Waals surface area contributed by atoms with Gasteiger partial charge in [-0.3, -0.25) is 9.69 Å². The van der Waals surface area contributed by atoms with E-state index in [1.54, 1.807) is 36.4 Å². The van der Waals surface area contributed by atoms with Crippen molar-refractivity contribution >= 4 is 23.3 Å². The standard InChI is InChI=1S/C25H22N2O5/c1-31-20-15-16(13-14-19(20)28)23-21(25(30)32-2)22(26-17-9-5-3-6-10-17)24(29)27(23)18-11-7-4-8-12-18/h3-15,23,26,28H,1-2H3. The molecule has 32 heavy (non-hydrogen) atoms. The molecule has 1 heterocycles. The summed E-state index contributed by atoms with van der Waals surface area (Å²) in [6.45, 7) is 0. The number of carbonyl (C=O) groups is 2. The molecule has 1 unspecified atom stereocenters. The molecule has 0 saturated carbocycles. The van der Waals surface area contributed by atoms with Crippen LogP contribution in [0.3, 0.4) is 0 Å². The maximum Gasteiger partial charge on any atom is 0.338 e. The highest BCUT2D eigenvalue weighted by Gasteiger charge is 2.45. The fourth-order valence-corrected chi connectivity index (χ4v) is 3.76. The third kappa shape index (κ3) is 3.76. The summed E-state index contributed by atoms with van der Waals surface area (Å²) < 4.78 is 10.3. The number of amides is 1. The number of phenolic OH excluding ortho intramolecular Hbond substituents is 1. The lowest BCUT2D eigenvalue weighted by Crippen LogP contribution is -2.31. The van der Waals surface area contributed by atoms with Crippen molar-refractivity contribution < 1.29 is 24.2 Å². The lowest BCUT2D eigenvalue weighted by Gasteiger charge is -2.27. The van der Waals surface area contributed by atoms with Gasteiger partial charge in [0.2, 0.25) is 0 Å². The molecule has 3 aromatic rings. The monoisotopic (exact) mass is 430 g/mol. The van der Waals surface area contributed by atoms with Gasteiger partial charge in [0.15, 0.2) is 11.5 Å². The number of phenols is 1. The third-order valence-corrected chi connectivity index (χ3v) is 5.24. The molecule has 0 bridgehead atoms. The van der Waals surface area contributed by atoms with Gasteiger partial charge in [0, 0.05) is 11.4 Å². The summed E-state index contributed by atoms with van der Waals surface area (Å²) in [4.78, 5) is 28.2. The summed E-state index contributed by atoms with van der Waals surface area (Å²) in [5, 5.41) is 13.2. The molecular formula is C25H22N2O5. The fraction of sp³-hybridized carbons (Fsp3) is 0.120. The van der Waals surface area contributed by atoms with E-state index in [1.165, 1.54) is 25.2 Å². The molecular weight excluding hydrogens is 408 g/mol. The maximum atomic E-state index is 13.7. The van der Waals surface area contributed by atoms with E-state index in [0.29, 0.717) is 16.9 Å². The Balaban J connectivity index is 1.92. The van der Waals surface area contributed by atoms with Gasteiger partial charge in [-0.2, -0.15) is 0 Å². The van der Waals surface area contributed by atoms with Crippen LogP contribution in [-0.4, -0.2) is 31.2 Å². The predicted octanol–water partition coefficient (Wildman–Crippen LogP) is 4.03. The van der Waals surface area contributed by atoms with E-state index < -0.39 is 12.0 Å². The SMILES string of the molecule is COC(=O)C1=C(Nc2ccccc2)C(=O)N(c2ccccc2)C1c1ccc(O)c(OC)c1. The zero-order chi connectivity index (χ0) is 22.7. The number of benzene rings is 3. The number of hydrogen-bond donors (Lipinski definition) is 2. The van der Waals surface area contributed by atoms with E-state index in [4.69, 9.17) is 9.47 Å². The Morgan fingerprint density at radius 2 is 1.62 bits per heavy atom. The molecule has 2 N–H and O–H groups in total. The Morgan fingerprint density at radius 1 is 0.969 bits per heavy atom. The van der Waals surface area contributed by atoms with E-state index >= 15 is 0 Å². The van der Waals surface area contributed by atoms with Crippen LogP contribution in [0.25, 0.3) is 0 Å². The first-order chi connectivity index (χ1) is 15.5. The lowest BCUT2D eigenvalue weighted by molar-refractivity contribution is -0.136. The molecule has 0 aliphatic carbocycles. The molecule has 7 heteroatoms. The van der Waals surface area contributed by atoms with Gasteiger partial charge in [0.25, 0.3) is 5.91 Å². The van der Waals surface area contributed by atoms with Gasteiger partial charge in [0.1, 0.15) is 5.70 Å². The molecule has 1 atom stereocenters. The van der Waals surface area contributed by atoms with Crippen LogP contribution in [0.5, 0.6) is 11.5 Å². The Labute approximate surface area is 185 Å². The zero-order valence-corrected chi connectivity index (χ0v) is 17.6. The van der Waals surface area contributed by atoms with Gasteiger partial charge >= 0.3 is 5.97 Å². The molecule has 1 amide bonds. The first-order valence-electron chi connectivity index (χ1n) is 9.95. The van der Waals surface area contributed by atoms with Crippen molar-refractivity contribution in [3.63, 3.8) is 0 Å². The Kier molecular flexibility index (Phi) is 5.81. The molecule has 162 valence electrons. The highest BCUT2D eigenvalue weighted by atomic mass is 16.5. The number of hydrogen-bond acceptors (Lipinski definition) is 6. The van der Waals surface area contributed by atoms with Gasteiger partial charge in [-0.1, -0.05) is 42.5 Å². The Hall–Kier alpha value is -4.26. The largest absolute Gasteiger partial charge is 0.504 e.